The van der Waals surface area contributed by atoms with Gasteiger partial charge in [0.2, 0.25) is 10.0 Å². The first-order chi connectivity index (χ1) is 13.7. The number of benzene rings is 1. The third kappa shape index (κ3) is 4.65. The molecule has 1 aliphatic rings. The summed E-state index contributed by atoms with van der Waals surface area (Å²) in [7, 11) is -2.32. The van der Waals surface area contributed by atoms with E-state index in [1.54, 1.807) is 17.0 Å². The predicted octanol–water partition coefficient (Wildman–Crippen LogP) is 0.978. The minimum absolute atomic E-state index is 0.110. The van der Waals surface area contributed by atoms with Gasteiger partial charge in [0.25, 0.3) is 11.5 Å². The van der Waals surface area contributed by atoms with Crippen LogP contribution in [-0.4, -0.2) is 55.7 Å². The van der Waals surface area contributed by atoms with Crippen LogP contribution in [-0.2, 0) is 10.0 Å². The molecule has 2 aromatic rings. The van der Waals surface area contributed by atoms with Crippen LogP contribution in [0.5, 0.6) is 5.75 Å². The molecule has 2 N–H and O–H groups in total. The second-order valence-electron chi connectivity index (χ2n) is 7.08. The van der Waals surface area contributed by atoms with Gasteiger partial charge in [-0.05, 0) is 56.0 Å². The molecule has 0 spiro atoms. The van der Waals surface area contributed by atoms with Gasteiger partial charge in [-0.15, -0.1) is 0 Å². The van der Waals surface area contributed by atoms with Crippen molar-refractivity contribution in [2.24, 2.45) is 0 Å². The van der Waals surface area contributed by atoms with E-state index in [0.717, 1.165) is 11.1 Å². The van der Waals surface area contributed by atoms with E-state index in [1.807, 2.05) is 13.8 Å². The largest absolute Gasteiger partial charge is 0.495 e. The zero-order valence-corrected chi connectivity index (χ0v) is 17.4. The van der Waals surface area contributed by atoms with Crippen molar-refractivity contribution < 1.29 is 17.9 Å². The number of rotatable bonds is 5. The highest BCUT2D eigenvalue weighted by Crippen LogP contribution is 2.28. The number of aromatic nitrogens is 2. The first kappa shape index (κ1) is 21.0. The number of amides is 1. The molecule has 1 saturated heterocycles. The van der Waals surface area contributed by atoms with Crippen LogP contribution in [0.3, 0.4) is 0 Å². The lowest BCUT2D eigenvalue weighted by Gasteiger charge is -2.32. The summed E-state index contributed by atoms with van der Waals surface area (Å²) in [5, 5.41) is 5.99. The molecular formula is C19H24N4O5S. The Morgan fingerprint density at radius 3 is 2.45 bits per heavy atom. The summed E-state index contributed by atoms with van der Waals surface area (Å²) >= 11 is 0. The third-order valence-electron chi connectivity index (χ3n) is 5.07. The third-order valence-corrected chi connectivity index (χ3v) is 6.61. The number of aryl methyl sites for hydroxylation is 2. The Bertz CT molecular complexity index is 1050. The van der Waals surface area contributed by atoms with Crippen molar-refractivity contribution in [3.63, 3.8) is 0 Å². The van der Waals surface area contributed by atoms with E-state index in [0.29, 0.717) is 31.7 Å². The lowest BCUT2D eigenvalue weighted by Crippen LogP contribution is -2.46. The molecule has 1 aliphatic heterocycles. The number of carbonyl (C=O) groups is 1. The maximum absolute atomic E-state index is 12.9. The number of piperidine rings is 1. The first-order valence-electron chi connectivity index (χ1n) is 9.24. The van der Waals surface area contributed by atoms with Gasteiger partial charge in [0.15, 0.2) is 0 Å². The zero-order valence-electron chi connectivity index (χ0n) is 16.6. The Morgan fingerprint density at radius 1 is 1.21 bits per heavy atom. The van der Waals surface area contributed by atoms with E-state index in [9.17, 15) is 18.0 Å². The van der Waals surface area contributed by atoms with Crippen LogP contribution < -0.4 is 15.0 Å². The SMILES string of the molecule is COc1cc(C)c(C)cc1S(=O)(=O)NC1CCN(C(=O)c2ccc(=O)[nH]n2)CC1. The van der Waals surface area contributed by atoms with Crippen LogP contribution in [0, 0.1) is 13.8 Å². The average molecular weight is 420 g/mol. The molecule has 0 saturated carbocycles. The van der Waals surface area contributed by atoms with Crippen LogP contribution in [0.1, 0.15) is 34.5 Å². The van der Waals surface area contributed by atoms with Crippen LogP contribution in [0.2, 0.25) is 0 Å². The number of methoxy groups -OCH3 is 1. The highest BCUT2D eigenvalue weighted by Gasteiger charge is 2.29. The minimum Gasteiger partial charge on any atom is -0.495 e. The molecule has 1 aromatic heterocycles. The standard InChI is InChI=1S/C19H24N4O5S/c1-12-10-16(28-3)17(11-13(12)2)29(26,27)22-14-6-8-23(9-7-14)19(25)15-4-5-18(24)21-20-15/h4-5,10-11,14,22H,6-9H2,1-3H3,(H,21,24). The number of nitrogens with zero attached hydrogens (tertiary/aromatic N) is 2. The lowest BCUT2D eigenvalue weighted by atomic mass is 10.1. The van der Waals surface area contributed by atoms with Gasteiger partial charge < -0.3 is 9.64 Å². The molecule has 10 heteroatoms. The van der Waals surface area contributed by atoms with Gasteiger partial charge >= 0.3 is 0 Å². The van der Waals surface area contributed by atoms with Gasteiger partial charge in [-0.25, -0.2) is 18.2 Å². The number of H-pyrrole nitrogens is 1. The van der Waals surface area contributed by atoms with E-state index in [-0.39, 0.29) is 28.1 Å². The molecule has 0 aliphatic carbocycles. The molecule has 9 nitrogen and oxygen atoms in total. The van der Waals surface area contributed by atoms with Gasteiger partial charge in [0.1, 0.15) is 16.3 Å². The molecule has 156 valence electrons. The summed E-state index contributed by atoms with van der Waals surface area (Å²) in [5.41, 5.74) is 1.59. The fourth-order valence-electron chi connectivity index (χ4n) is 3.24. The Morgan fingerprint density at radius 2 is 1.86 bits per heavy atom. The van der Waals surface area contributed by atoms with Crippen molar-refractivity contribution in [3.8, 4) is 5.75 Å². The molecule has 1 amide bonds. The van der Waals surface area contributed by atoms with Gasteiger partial charge in [-0.1, -0.05) is 0 Å². The average Bonchev–Trinajstić information content (AvgIpc) is 2.70. The van der Waals surface area contributed by atoms with Crippen molar-refractivity contribution in [3.05, 3.63) is 51.4 Å². The number of ether oxygens (including phenoxy) is 1. The molecule has 0 bridgehead atoms. The van der Waals surface area contributed by atoms with Crippen molar-refractivity contribution >= 4 is 15.9 Å². The molecule has 3 rings (SSSR count). The molecule has 29 heavy (non-hydrogen) atoms. The fourth-order valence-corrected chi connectivity index (χ4v) is 4.78. The van der Waals surface area contributed by atoms with Gasteiger partial charge in [-0.2, -0.15) is 5.10 Å². The van der Waals surface area contributed by atoms with Crippen LogP contribution in [0.4, 0.5) is 0 Å². The van der Waals surface area contributed by atoms with Crippen molar-refractivity contribution in [2.45, 2.75) is 37.6 Å². The first-order valence-corrected chi connectivity index (χ1v) is 10.7. The van der Waals surface area contributed by atoms with Gasteiger partial charge in [0.05, 0.1) is 7.11 Å². The number of sulfonamides is 1. The maximum atomic E-state index is 12.9. The highest BCUT2D eigenvalue weighted by atomic mass is 32.2. The molecule has 1 fully saturated rings. The van der Waals surface area contributed by atoms with E-state index in [1.165, 1.54) is 19.2 Å². The van der Waals surface area contributed by atoms with Gasteiger partial charge in [-0.3, -0.25) is 9.59 Å². The summed E-state index contributed by atoms with van der Waals surface area (Å²) in [6, 6.07) is 5.65. The van der Waals surface area contributed by atoms with Crippen molar-refractivity contribution in [1.29, 1.82) is 0 Å². The second-order valence-corrected chi connectivity index (χ2v) is 8.76. The predicted molar refractivity (Wildman–Crippen MR) is 107 cm³/mol. The summed E-state index contributed by atoms with van der Waals surface area (Å²) in [6.07, 6.45) is 0.947. The summed E-state index contributed by atoms with van der Waals surface area (Å²) in [6.45, 7) is 4.52. The van der Waals surface area contributed by atoms with Crippen molar-refractivity contribution in [1.82, 2.24) is 19.8 Å². The number of aromatic amines is 1. The topological polar surface area (TPSA) is 121 Å². The Labute approximate surface area is 169 Å². The number of hydrogen-bond donors (Lipinski definition) is 2. The molecule has 0 atom stereocenters. The Balaban J connectivity index is 1.67. The summed E-state index contributed by atoms with van der Waals surface area (Å²) < 4.78 is 33.8. The van der Waals surface area contributed by atoms with E-state index < -0.39 is 10.0 Å². The van der Waals surface area contributed by atoms with Crippen molar-refractivity contribution in [2.75, 3.05) is 20.2 Å². The minimum atomic E-state index is -3.77. The molecule has 2 heterocycles. The second kappa shape index (κ2) is 8.34. The fraction of sp³-hybridized carbons (Fsp3) is 0.421. The van der Waals surface area contributed by atoms with Crippen LogP contribution in [0.25, 0.3) is 0 Å². The van der Waals surface area contributed by atoms with E-state index in [2.05, 4.69) is 14.9 Å². The van der Waals surface area contributed by atoms with Crippen LogP contribution in [0.15, 0.2) is 34.0 Å². The number of carbonyl (C=O) groups excluding carboxylic acids is 1. The molecule has 1 aromatic carbocycles. The molecule has 0 unspecified atom stereocenters. The molecule has 0 radical (unpaired) electrons. The Kier molecular flexibility index (Phi) is 6.04. The lowest BCUT2D eigenvalue weighted by molar-refractivity contribution is 0.0704. The normalized spacial score (nSPS) is 15.3. The Hall–Kier alpha value is -2.72. The number of hydrogen-bond acceptors (Lipinski definition) is 6. The highest BCUT2D eigenvalue weighted by molar-refractivity contribution is 7.89. The smallest absolute Gasteiger partial charge is 0.274 e. The summed E-state index contributed by atoms with van der Waals surface area (Å²) in [5.74, 6) is 0.00995. The maximum Gasteiger partial charge on any atom is 0.274 e. The van der Waals surface area contributed by atoms with Gasteiger partial charge in [0, 0.05) is 25.2 Å². The number of nitrogens with one attached hydrogen (secondary N) is 2. The summed E-state index contributed by atoms with van der Waals surface area (Å²) in [4.78, 5) is 25.3. The van der Waals surface area contributed by atoms with E-state index in [4.69, 9.17) is 4.74 Å². The zero-order chi connectivity index (χ0) is 21.2. The molecular weight excluding hydrogens is 396 g/mol. The monoisotopic (exact) mass is 420 g/mol. The number of likely N-dealkylation sites (tertiary alicyclic amines) is 1. The quantitative estimate of drug-likeness (QED) is 0.744. The van der Waals surface area contributed by atoms with Crippen LogP contribution >= 0.6 is 0 Å². The van der Waals surface area contributed by atoms with E-state index >= 15 is 0 Å².